The van der Waals surface area contributed by atoms with E-state index in [2.05, 4.69) is 31.7 Å². The van der Waals surface area contributed by atoms with Crippen molar-refractivity contribution in [2.75, 3.05) is 19.0 Å². The average Bonchev–Trinajstić information content (AvgIpc) is 2.32. The van der Waals surface area contributed by atoms with Gasteiger partial charge in [0, 0.05) is 11.6 Å². The molecule has 8 heteroatoms. The van der Waals surface area contributed by atoms with Gasteiger partial charge >= 0.3 is 0 Å². The predicted octanol–water partition coefficient (Wildman–Crippen LogP) is 1.99. The number of rotatable bonds is 4. The number of anilines is 1. The largest absolute Gasteiger partial charge is 0.382 e. The lowest BCUT2D eigenvalue weighted by atomic mass is 10.3. The lowest BCUT2D eigenvalue weighted by Crippen LogP contribution is -2.38. The van der Waals surface area contributed by atoms with Crippen molar-refractivity contribution in [1.29, 1.82) is 0 Å². The first-order valence-electron chi connectivity index (χ1n) is 5.42. The van der Waals surface area contributed by atoms with Crippen molar-refractivity contribution in [3.05, 3.63) is 28.2 Å². The Morgan fingerprint density at radius 1 is 1.47 bits per heavy atom. The highest BCUT2D eigenvalue weighted by Gasteiger charge is 2.12. The zero-order valence-electron chi connectivity index (χ0n) is 10.5. The summed E-state index contributed by atoms with van der Waals surface area (Å²) in [4.78, 5) is 4.08. The summed E-state index contributed by atoms with van der Waals surface area (Å²) in [5.74, 6) is 3.79. The first kappa shape index (κ1) is 15.8. The molecule has 19 heavy (non-hydrogen) atoms. The van der Waals surface area contributed by atoms with Crippen LogP contribution in [0.25, 0.3) is 0 Å². The second kappa shape index (κ2) is 7.37. The average molecular weight is 337 g/mol. The number of methoxy groups -OCH3 is 1. The molecule has 1 rings (SSSR count). The van der Waals surface area contributed by atoms with Gasteiger partial charge in [0.2, 0.25) is 5.96 Å². The van der Waals surface area contributed by atoms with Crippen molar-refractivity contribution >= 4 is 27.6 Å². The Labute approximate surface area is 118 Å². The number of aliphatic imine (C=N–C) groups is 1. The molecular weight excluding hydrogens is 322 g/mol. The van der Waals surface area contributed by atoms with E-state index in [-0.39, 0.29) is 17.7 Å². The quantitative estimate of drug-likeness (QED) is 0.340. The van der Waals surface area contributed by atoms with E-state index in [0.29, 0.717) is 11.1 Å². The maximum Gasteiger partial charge on any atom is 0.210 e. The molecule has 1 atom stereocenters. The SMILES string of the molecule is COCC(C)N=C(NN)Nc1c(F)cc(Br)cc1F. The normalized spacial score (nSPS) is 13.3. The van der Waals surface area contributed by atoms with Crippen molar-refractivity contribution in [1.82, 2.24) is 5.43 Å². The van der Waals surface area contributed by atoms with Gasteiger partial charge in [0.1, 0.15) is 5.69 Å². The third-order valence-electron chi connectivity index (χ3n) is 2.14. The first-order chi connectivity index (χ1) is 8.97. The van der Waals surface area contributed by atoms with Crippen LogP contribution in [0, 0.1) is 11.6 Å². The molecule has 0 saturated heterocycles. The fourth-order valence-corrected chi connectivity index (χ4v) is 1.79. The van der Waals surface area contributed by atoms with Gasteiger partial charge in [0.15, 0.2) is 11.6 Å². The van der Waals surface area contributed by atoms with Crippen LogP contribution in [0.3, 0.4) is 0 Å². The van der Waals surface area contributed by atoms with Crippen LogP contribution in [-0.4, -0.2) is 25.7 Å². The van der Waals surface area contributed by atoms with Gasteiger partial charge in [0.05, 0.1) is 12.6 Å². The van der Waals surface area contributed by atoms with Crippen LogP contribution in [0.15, 0.2) is 21.6 Å². The summed E-state index contributed by atoms with van der Waals surface area (Å²) < 4.78 is 32.4. The molecule has 106 valence electrons. The lowest BCUT2D eigenvalue weighted by molar-refractivity contribution is 0.185. The molecule has 1 aromatic carbocycles. The molecule has 0 amide bonds. The molecule has 0 fully saturated rings. The third kappa shape index (κ3) is 4.73. The van der Waals surface area contributed by atoms with Crippen LogP contribution in [0.4, 0.5) is 14.5 Å². The van der Waals surface area contributed by atoms with Gasteiger partial charge in [-0.05, 0) is 19.1 Å². The highest BCUT2D eigenvalue weighted by atomic mass is 79.9. The maximum absolute atomic E-state index is 13.6. The van der Waals surface area contributed by atoms with Gasteiger partial charge in [0.25, 0.3) is 0 Å². The van der Waals surface area contributed by atoms with Gasteiger partial charge in [-0.15, -0.1) is 0 Å². The summed E-state index contributed by atoms with van der Waals surface area (Å²) in [6.07, 6.45) is 0. The molecule has 0 bridgehead atoms. The van der Waals surface area contributed by atoms with E-state index in [0.717, 1.165) is 12.1 Å². The number of benzene rings is 1. The number of hydrogen-bond acceptors (Lipinski definition) is 3. The number of nitrogens with zero attached hydrogens (tertiary/aromatic N) is 1. The fourth-order valence-electron chi connectivity index (χ4n) is 1.38. The third-order valence-corrected chi connectivity index (χ3v) is 2.60. The minimum atomic E-state index is -0.755. The molecule has 0 saturated carbocycles. The molecule has 5 nitrogen and oxygen atoms in total. The zero-order chi connectivity index (χ0) is 14.4. The molecular formula is C11H15BrF2N4O. The molecule has 0 aliphatic heterocycles. The fraction of sp³-hybridized carbons (Fsp3) is 0.364. The van der Waals surface area contributed by atoms with Crippen LogP contribution < -0.4 is 16.6 Å². The highest BCUT2D eigenvalue weighted by Crippen LogP contribution is 2.23. The predicted molar refractivity (Wildman–Crippen MR) is 73.8 cm³/mol. The zero-order valence-corrected chi connectivity index (χ0v) is 12.1. The van der Waals surface area contributed by atoms with Crippen molar-refractivity contribution in [3.8, 4) is 0 Å². The minimum Gasteiger partial charge on any atom is -0.382 e. The van der Waals surface area contributed by atoms with Crippen LogP contribution in [0.1, 0.15) is 6.92 Å². The Morgan fingerprint density at radius 3 is 2.53 bits per heavy atom. The van der Waals surface area contributed by atoms with Gasteiger partial charge in [-0.25, -0.2) is 19.6 Å². The minimum absolute atomic E-state index is 0.0460. The second-order valence-corrected chi connectivity index (χ2v) is 4.71. The van der Waals surface area contributed by atoms with Gasteiger partial charge in [-0.3, -0.25) is 5.43 Å². The van der Waals surface area contributed by atoms with E-state index < -0.39 is 11.6 Å². The Hall–Kier alpha value is -1.25. The van der Waals surface area contributed by atoms with Crippen molar-refractivity contribution in [2.24, 2.45) is 10.8 Å². The number of ether oxygens (including phenoxy) is 1. The standard InChI is InChI=1S/C11H15BrF2N4O/c1-6(5-19-2)16-11(18-15)17-10-8(13)3-7(12)4-9(10)14/h3-4,6H,5,15H2,1-2H3,(H2,16,17,18). The number of halogens is 3. The van der Waals surface area contributed by atoms with E-state index in [1.54, 1.807) is 6.92 Å². The Bertz CT molecular complexity index is 447. The van der Waals surface area contributed by atoms with Crippen LogP contribution in [-0.2, 0) is 4.74 Å². The smallest absolute Gasteiger partial charge is 0.210 e. The highest BCUT2D eigenvalue weighted by molar-refractivity contribution is 9.10. The molecule has 0 spiro atoms. The van der Waals surface area contributed by atoms with Crippen LogP contribution in [0.5, 0.6) is 0 Å². The maximum atomic E-state index is 13.6. The summed E-state index contributed by atoms with van der Waals surface area (Å²) in [5, 5.41) is 2.47. The molecule has 0 aromatic heterocycles. The Morgan fingerprint density at radius 2 is 2.05 bits per heavy atom. The van der Waals surface area contributed by atoms with E-state index in [9.17, 15) is 8.78 Å². The molecule has 1 aromatic rings. The molecule has 0 radical (unpaired) electrons. The Balaban J connectivity index is 2.93. The summed E-state index contributed by atoms with van der Waals surface area (Å²) in [7, 11) is 1.53. The van der Waals surface area contributed by atoms with E-state index in [1.807, 2.05) is 0 Å². The summed E-state index contributed by atoms with van der Waals surface area (Å²) >= 11 is 3.00. The number of hydrogen-bond donors (Lipinski definition) is 3. The number of nitrogens with two attached hydrogens (primary N) is 1. The summed E-state index contributed by atoms with van der Waals surface area (Å²) in [6, 6.07) is 2.06. The lowest BCUT2D eigenvalue weighted by Gasteiger charge is -2.13. The monoisotopic (exact) mass is 336 g/mol. The number of guanidine groups is 1. The van der Waals surface area contributed by atoms with E-state index in [1.165, 1.54) is 7.11 Å². The molecule has 4 N–H and O–H groups in total. The molecule has 0 aliphatic carbocycles. The van der Waals surface area contributed by atoms with Crippen molar-refractivity contribution in [2.45, 2.75) is 13.0 Å². The molecule has 0 aliphatic rings. The van der Waals surface area contributed by atoms with Crippen molar-refractivity contribution < 1.29 is 13.5 Å². The van der Waals surface area contributed by atoms with E-state index in [4.69, 9.17) is 10.6 Å². The number of hydrazine groups is 1. The van der Waals surface area contributed by atoms with Crippen LogP contribution >= 0.6 is 15.9 Å². The van der Waals surface area contributed by atoms with Gasteiger partial charge in [-0.2, -0.15) is 0 Å². The van der Waals surface area contributed by atoms with Crippen molar-refractivity contribution in [3.63, 3.8) is 0 Å². The number of nitrogens with one attached hydrogen (secondary N) is 2. The molecule has 1 unspecified atom stereocenters. The second-order valence-electron chi connectivity index (χ2n) is 3.80. The topological polar surface area (TPSA) is 71.7 Å². The van der Waals surface area contributed by atoms with Crippen LogP contribution in [0.2, 0.25) is 0 Å². The Kier molecular flexibility index (Phi) is 6.13. The van der Waals surface area contributed by atoms with Gasteiger partial charge < -0.3 is 10.1 Å². The van der Waals surface area contributed by atoms with Gasteiger partial charge in [-0.1, -0.05) is 15.9 Å². The summed E-state index contributed by atoms with van der Waals surface area (Å²) in [5.41, 5.74) is 1.92. The van der Waals surface area contributed by atoms with E-state index >= 15 is 0 Å². The molecule has 0 heterocycles. The summed E-state index contributed by atoms with van der Waals surface area (Å²) in [6.45, 7) is 2.13. The first-order valence-corrected chi connectivity index (χ1v) is 6.22.